The quantitative estimate of drug-likeness (QED) is 0.299. The first kappa shape index (κ1) is 25.9. The normalized spacial score (nSPS) is 11.9. The highest BCUT2D eigenvalue weighted by Gasteiger charge is 2.42. The van der Waals surface area contributed by atoms with E-state index in [0.29, 0.717) is 17.7 Å². The summed E-state index contributed by atoms with van der Waals surface area (Å²) in [6, 6.07) is 7.29. The molecule has 12 heteroatoms. The molecule has 0 aliphatic carbocycles. The molecule has 3 aromatic carbocycles. The summed E-state index contributed by atoms with van der Waals surface area (Å²) in [5.41, 5.74) is -0.831. The van der Waals surface area contributed by atoms with E-state index in [1.807, 2.05) is 0 Å². The molecule has 0 amide bonds. The molecule has 0 unspecified atom stereocenters. The van der Waals surface area contributed by atoms with Crippen molar-refractivity contribution in [3.05, 3.63) is 95.1 Å². The number of rotatable bonds is 7. The van der Waals surface area contributed by atoms with Gasteiger partial charge in [0, 0.05) is 12.1 Å². The van der Waals surface area contributed by atoms with Gasteiger partial charge in [0.25, 0.3) is 6.08 Å². The molecule has 0 spiro atoms. The maximum atomic E-state index is 14.5. The predicted molar refractivity (Wildman–Crippen MR) is 103 cm³/mol. The van der Waals surface area contributed by atoms with Crippen molar-refractivity contribution in [2.45, 2.75) is 19.1 Å². The molecule has 0 atom stereocenters. The van der Waals surface area contributed by atoms with E-state index in [2.05, 4.69) is 9.47 Å². The lowest BCUT2D eigenvalue weighted by Crippen LogP contribution is -2.26. The summed E-state index contributed by atoms with van der Waals surface area (Å²) in [5.74, 6) is -10.8. The minimum absolute atomic E-state index is 0.0611. The summed E-state index contributed by atoms with van der Waals surface area (Å²) >= 11 is 0. The number of aryl methyl sites for hydroxylation is 1. The van der Waals surface area contributed by atoms with E-state index < -0.39 is 64.7 Å². The summed E-state index contributed by atoms with van der Waals surface area (Å²) in [6.45, 7) is 1.75. The minimum atomic E-state index is -4.85. The van der Waals surface area contributed by atoms with E-state index in [0.717, 1.165) is 5.56 Å². The van der Waals surface area contributed by atoms with E-state index in [1.165, 1.54) is 12.1 Å². The van der Waals surface area contributed by atoms with Crippen LogP contribution in [0.5, 0.6) is 11.5 Å². The van der Waals surface area contributed by atoms with Crippen molar-refractivity contribution in [3.63, 3.8) is 0 Å². The highest BCUT2D eigenvalue weighted by atomic mass is 19.3. The van der Waals surface area contributed by atoms with E-state index in [4.69, 9.17) is 0 Å². The third kappa shape index (κ3) is 6.06. The second kappa shape index (κ2) is 9.51. The maximum Gasteiger partial charge on any atom is 0.432 e. The van der Waals surface area contributed by atoms with Gasteiger partial charge in [-0.3, -0.25) is 0 Å². The van der Waals surface area contributed by atoms with Crippen molar-refractivity contribution in [1.82, 2.24) is 0 Å². The number of benzene rings is 3. The lowest BCUT2D eigenvalue weighted by atomic mass is 10.0. The summed E-state index contributed by atoms with van der Waals surface area (Å²) in [6.07, 6.45) is -13.6. The van der Waals surface area contributed by atoms with Gasteiger partial charge in [-0.1, -0.05) is 29.8 Å². The molecule has 0 aliphatic heterocycles. The molecular weight excluding hydrogens is 498 g/mol. The average Bonchev–Trinajstić information content (AvgIpc) is 2.69. The Hall–Kier alpha value is -3.70. The number of halogens is 10. The van der Waals surface area contributed by atoms with Crippen molar-refractivity contribution in [2.75, 3.05) is 0 Å². The van der Waals surface area contributed by atoms with Crippen LogP contribution in [0.3, 0.4) is 0 Å². The molecule has 0 fully saturated rings. The van der Waals surface area contributed by atoms with Crippen LogP contribution in [0, 0.1) is 30.2 Å². The van der Waals surface area contributed by atoms with Gasteiger partial charge in [-0.25, -0.2) is 17.6 Å². The van der Waals surface area contributed by atoms with Gasteiger partial charge in [-0.05, 0) is 30.2 Å². The van der Waals surface area contributed by atoms with Crippen molar-refractivity contribution >= 4 is 0 Å². The Labute approximate surface area is 191 Å². The lowest BCUT2D eigenvalue weighted by Gasteiger charge is -2.21. The van der Waals surface area contributed by atoms with Crippen LogP contribution in [0.15, 0.2) is 60.7 Å². The fourth-order valence-corrected chi connectivity index (χ4v) is 2.95. The molecular formula is C23H12F10O2. The van der Waals surface area contributed by atoms with Crippen LogP contribution >= 0.6 is 0 Å². The molecule has 0 aromatic heterocycles. The van der Waals surface area contributed by atoms with Crippen LogP contribution in [-0.2, 0) is 6.11 Å². The molecule has 0 N–H and O–H groups in total. The Morgan fingerprint density at radius 1 is 0.714 bits per heavy atom. The van der Waals surface area contributed by atoms with Crippen LogP contribution in [0.4, 0.5) is 43.9 Å². The van der Waals surface area contributed by atoms with E-state index in [1.54, 1.807) is 19.1 Å². The van der Waals surface area contributed by atoms with Gasteiger partial charge in [-0.15, -0.1) is 0 Å². The van der Waals surface area contributed by atoms with Gasteiger partial charge >= 0.3 is 12.2 Å². The molecule has 0 saturated carbocycles. The number of hydrogen-bond donors (Lipinski definition) is 0. The SMILES string of the molecule is Cc1ccc(-c2cc(F)c(C(F)(F)Oc3cc(F)c(OC(F)(F)C=C(F)F)c(F)c3)c(F)c2)cc1. The molecule has 2 nitrogen and oxygen atoms in total. The lowest BCUT2D eigenvalue weighted by molar-refractivity contribution is -0.189. The van der Waals surface area contributed by atoms with Crippen molar-refractivity contribution in [1.29, 1.82) is 0 Å². The van der Waals surface area contributed by atoms with E-state index in [9.17, 15) is 43.9 Å². The second-order valence-corrected chi connectivity index (χ2v) is 7.11. The molecule has 35 heavy (non-hydrogen) atoms. The fourth-order valence-electron chi connectivity index (χ4n) is 2.95. The number of ether oxygens (including phenoxy) is 2. The number of alkyl halides is 4. The van der Waals surface area contributed by atoms with Crippen LogP contribution in [0.25, 0.3) is 11.1 Å². The van der Waals surface area contributed by atoms with Gasteiger partial charge < -0.3 is 9.47 Å². The third-order valence-corrected chi connectivity index (χ3v) is 4.45. The average molecular weight is 510 g/mol. The monoisotopic (exact) mass is 510 g/mol. The van der Waals surface area contributed by atoms with Crippen molar-refractivity contribution in [3.8, 4) is 22.6 Å². The zero-order valence-corrected chi connectivity index (χ0v) is 17.3. The van der Waals surface area contributed by atoms with Crippen LogP contribution in [0.2, 0.25) is 0 Å². The van der Waals surface area contributed by atoms with Gasteiger partial charge in [0.2, 0.25) is 0 Å². The minimum Gasteiger partial charge on any atom is -0.429 e. The first-order chi connectivity index (χ1) is 16.2. The first-order valence-corrected chi connectivity index (χ1v) is 9.41. The van der Waals surface area contributed by atoms with Crippen molar-refractivity contribution in [2.24, 2.45) is 0 Å². The molecule has 0 aliphatic rings. The number of hydrogen-bond acceptors (Lipinski definition) is 2. The topological polar surface area (TPSA) is 18.5 Å². The molecule has 3 aromatic rings. The Morgan fingerprint density at radius 2 is 1.23 bits per heavy atom. The second-order valence-electron chi connectivity index (χ2n) is 7.11. The summed E-state index contributed by atoms with van der Waals surface area (Å²) < 4.78 is 144. The van der Waals surface area contributed by atoms with Crippen molar-refractivity contribution < 1.29 is 53.4 Å². The smallest absolute Gasteiger partial charge is 0.429 e. The Kier molecular flexibility index (Phi) is 7.04. The van der Waals surface area contributed by atoms with E-state index >= 15 is 0 Å². The zero-order valence-electron chi connectivity index (χ0n) is 17.3. The molecule has 3 rings (SSSR count). The Balaban J connectivity index is 1.91. The maximum absolute atomic E-state index is 14.5. The third-order valence-electron chi connectivity index (χ3n) is 4.45. The largest absolute Gasteiger partial charge is 0.432 e. The molecule has 0 bridgehead atoms. The van der Waals surface area contributed by atoms with Crippen LogP contribution in [-0.4, -0.2) is 6.11 Å². The molecule has 0 radical (unpaired) electrons. The van der Waals surface area contributed by atoms with Crippen LogP contribution in [0.1, 0.15) is 11.1 Å². The summed E-state index contributed by atoms with van der Waals surface area (Å²) in [4.78, 5) is 0. The standard InChI is InChI=1S/C23H12F10O2/c1-11-2-4-12(5-3-11)13-6-15(24)20(16(25)7-13)23(32,33)34-14-8-17(26)21(18(27)9-14)35-22(30,31)10-19(28)29/h2-10H,1H3. The van der Waals surface area contributed by atoms with Gasteiger partial charge in [0.05, 0.1) is 6.08 Å². The zero-order chi connectivity index (χ0) is 26.1. The molecule has 0 heterocycles. The highest BCUT2D eigenvalue weighted by Crippen LogP contribution is 2.39. The Bertz CT molecular complexity index is 1220. The van der Waals surface area contributed by atoms with Crippen LogP contribution < -0.4 is 9.47 Å². The summed E-state index contributed by atoms with van der Waals surface area (Å²) in [5, 5.41) is 0. The van der Waals surface area contributed by atoms with Gasteiger partial charge in [0.1, 0.15) is 22.9 Å². The fraction of sp³-hybridized carbons (Fsp3) is 0.130. The van der Waals surface area contributed by atoms with Gasteiger partial charge in [0.15, 0.2) is 17.4 Å². The highest BCUT2D eigenvalue weighted by molar-refractivity contribution is 5.64. The predicted octanol–water partition coefficient (Wildman–Crippen LogP) is 8.10. The Morgan fingerprint density at radius 3 is 1.71 bits per heavy atom. The van der Waals surface area contributed by atoms with Gasteiger partial charge in [-0.2, -0.15) is 26.3 Å². The first-order valence-electron chi connectivity index (χ1n) is 9.41. The summed E-state index contributed by atoms with van der Waals surface area (Å²) in [7, 11) is 0. The molecule has 0 saturated heterocycles. The molecule has 186 valence electrons. The van der Waals surface area contributed by atoms with E-state index in [-0.39, 0.29) is 17.7 Å².